The van der Waals surface area contributed by atoms with E-state index in [0.717, 1.165) is 64.2 Å². The van der Waals surface area contributed by atoms with Gasteiger partial charge in [-0.3, -0.25) is 29.1 Å². The van der Waals surface area contributed by atoms with Crippen LogP contribution in [0.2, 0.25) is 0 Å². The number of esters is 1. The summed E-state index contributed by atoms with van der Waals surface area (Å²) in [5.41, 5.74) is 10.5. The Morgan fingerprint density at radius 2 is 0.833 bits per heavy atom. The van der Waals surface area contributed by atoms with Gasteiger partial charge in [0.1, 0.15) is 34.9 Å². The van der Waals surface area contributed by atoms with Crippen molar-refractivity contribution >= 4 is 34.6 Å². The number of methoxy groups -OCH3 is 1. The van der Waals surface area contributed by atoms with E-state index in [9.17, 15) is 40.7 Å². The van der Waals surface area contributed by atoms with Gasteiger partial charge in [-0.2, -0.15) is 0 Å². The first-order valence-corrected chi connectivity index (χ1v) is 24.6. The van der Waals surface area contributed by atoms with Crippen LogP contribution in [0.5, 0.6) is 0 Å². The average molecular weight is 1090 g/mol. The molecular formula is C60H62F6N5NaO6. The van der Waals surface area contributed by atoms with Gasteiger partial charge < -0.3 is 26.4 Å². The summed E-state index contributed by atoms with van der Waals surface area (Å²) < 4.78 is 87.7. The number of halogens is 6. The first-order valence-electron chi connectivity index (χ1n) is 24.6. The minimum atomic E-state index is -0.882. The Kier molecular flexibility index (Phi) is 25.9. The number of ether oxygens (including phenoxy) is 1. The molecule has 5 N–H and O–H groups in total. The fourth-order valence-electron chi connectivity index (χ4n) is 9.23. The molecule has 3 atom stereocenters. The number of benzene rings is 6. The van der Waals surface area contributed by atoms with E-state index in [0.29, 0.717) is 51.3 Å². The molecule has 3 aliphatic rings. The minimum absolute atomic E-state index is 0. The Bertz CT molecular complexity index is 2870. The van der Waals surface area contributed by atoms with Crippen LogP contribution in [0.15, 0.2) is 164 Å². The molecule has 6 aromatic carbocycles. The van der Waals surface area contributed by atoms with Crippen molar-refractivity contribution in [1.82, 2.24) is 20.0 Å². The molecule has 0 bridgehead atoms. The molecule has 78 heavy (non-hydrogen) atoms. The Balaban J connectivity index is 0.000000245. The SMILES string of the molecule is CN.CNC(=O)CCN1CC(c2cc(F)ccc2F)=C[C@H]1c1ccccc1.COC(=O)CCN1CC(c2cc(F)ccc2F)=C[C@H]1c1ccccc1.O=C(O)CCN1CC(c2cc(F)ccc2F)=C[C@H]1c1ccccc1.[Na+].[OH-]. The number of hydrogen-bond donors (Lipinski definition) is 3. The van der Waals surface area contributed by atoms with E-state index >= 15 is 0 Å². The first kappa shape index (κ1) is 63.9. The molecule has 0 aliphatic carbocycles. The molecule has 18 heteroatoms. The zero-order valence-electron chi connectivity index (χ0n) is 43.9. The third-order valence-corrected chi connectivity index (χ3v) is 13.0. The van der Waals surface area contributed by atoms with Gasteiger partial charge in [-0.25, -0.2) is 26.3 Å². The maximum absolute atomic E-state index is 14.2. The third kappa shape index (κ3) is 17.7. The number of amides is 1. The molecular weight excluding hydrogens is 1020 g/mol. The molecule has 6 aromatic rings. The summed E-state index contributed by atoms with van der Waals surface area (Å²) in [5.74, 6) is -4.01. The average Bonchev–Trinajstić information content (AvgIpc) is 4.20. The molecule has 3 aliphatic heterocycles. The van der Waals surface area contributed by atoms with Crippen molar-refractivity contribution < 1.29 is 85.6 Å². The predicted molar refractivity (Wildman–Crippen MR) is 285 cm³/mol. The van der Waals surface area contributed by atoms with Crippen LogP contribution in [0, 0.1) is 34.9 Å². The standard InChI is InChI=1S/C20H20F2N2O.C20H19F2NO2.C19H17F2NO2.CH5N.Na.H2O/c1-23-20(25)9-10-24-13-15(17-12-16(21)7-8-18(17)22)11-19(24)14-5-3-2-4-6-14;1-25-20(24)9-10-23-13-15(17-12-16(21)7-8-18(17)22)11-19(23)14-5-3-2-4-6-14;20-15-6-7-17(21)16(11-15)14-10-18(13-4-2-1-3-5-13)22(12-14)9-8-19(23)24;1-2;;/h2-8,11-12,19H,9-10,13H2,1H3,(H,23,25);2-8,11-12,19H,9-10,13H2,1H3;1-7,10-11,18H,8-9,12H2,(H,23,24);2H2,1H3;;1H2/q;;;;+1;/p-1/t2*19-;18-;;;/m000.../s1. The fraction of sp³-hybridized carbons (Fsp3) is 0.250. The Labute approximate surface area is 473 Å². The topological polar surface area (TPSA) is 158 Å². The summed E-state index contributed by atoms with van der Waals surface area (Å²) >= 11 is 0. The van der Waals surface area contributed by atoms with E-state index in [-0.39, 0.29) is 94.6 Å². The largest absolute Gasteiger partial charge is 1.00 e. The van der Waals surface area contributed by atoms with E-state index in [1.807, 2.05) is 114 Å². The van der Waals surface area contributed by atoms with Gasteiger partial charge in [0.25, 0.3) is 0 Å². The Morgan fingerprint density at radius 3 is 1.13 bits per heavy atom. The molecule has 0 radical (unpaired) electrons. The minimum Gasteiger partial charge on any atom is -0.870 e. The molecule has 11 nitrogen and oxygen atoms in total. The van der Waals surface area contributed by atoms with Crippen LogP contribution in [0.1, 0.15) is 70.8 Å². The van der Waals surface area contributed by atoms with Gasteiger partial charge in [-0.1, -0.05) is 109 Å². The van der Waals surface area contributed by atoms with Crippen LogP contribution < -0.4 is 40.6 Å². The number of carbonyl (C=O) groups excluding carboxylic acids is 2. The van der Waals surface area contributed by atoms with Gasteiger partial charge in [-0.15, -0.1) is 0 Å². The second kappa shape index (κ2) is 31.7. The van der Waals surface area contributed by atoms with Gasteiger partial charge in [0, 0.05) is 69.4 Å². The summed E-state index contributed by atoms with van der Waals surface area (Å²) in [6.07, 6.45) is 6.37. The van der Waals surface area contributed by atoms with E-state index < -0.39 is 40.9 Å². The van der Waals surface area contributed by atoms with Crippen LogP contribution in [0.25, 0.3) is 16.7 Å². The molecule has 406 valence electrons. The number of nitrogens with zero attached hydrogens (tertiary/aromatic N) is 3. The third-order valence-electron chi connectivity index (χ3n) is 13.0. The van der Waals surface area contributed by atoms with Crippen LogP contribution in [-0.4, -0.2) is 104 Å². The van der Waals surface area contributed by atoms with Crippen molar-refractivity contribution in [3.63, 3.8) is 0 Å². The fourth-order valence-corrected chi connectivity index (χ4v) is 9.23. The summed E-state index contributed by atoms with van der Waals surface area (Å²) in [6, 6.07) is 39.2. The van der Waals surface area contributed by atoms with E-state index in [1.54, 1.807) is 7.05 Å². The van der Waals surface area contributed by atoms with E-state index in [1.165, 1.54) is 32.4 Å². The number of carboxylic acid groups (broad SMARTS) is 1. The van der Waals surface area contributed by atoms with Gasteiger partial charge >= 0.3 is 41.5 Å². The van der Waals surface area contributed by atoms with Crippen molar-refractivity contribution in [2.75, 3.05) is 60.5 Å². The molecule has 0 saturated carbocycles. The molecule has 1 amide bonds. The van der Waals surface area contributed by atoms with Crippen molar-refractivity contribution in [3.05, 3.63) is 232 Å². The molecule has 0 spiro atoms. The molecule has 9 rings (SSSR count). The van der Waals surface area contributed by atoms with Crippen LogP contribution >= 0.6 is 0 Å². The number of hydrogen-bond acceptors (Lipinski definition) is 9. The normalized spacial score (nSPS) is 16.7. The van der Waals surface area contributed by atoms with Crippen molar-refractivity contribution in [3.8, 4) is 0 Å². The van der Waals surface area contributed by atoms with Gasteiger partial charge in [0.05, 0.1) is 38.1 Å². The monoisotopic (exact) mass is 1090 g/mol. The maximum atomic E-state index is 14.2. The predicted octanol–water partition coefficient (Wildman–Crippen LogP) is 7.79. The summed E-state index contributed by atoms with van der Waals surface area (Å²) in [4.78, 5) is 40.1. The number of carboxylic acids is 1. The summed E-state index contributed by atoms with van der Waals surface area (Å²) in [7, 11) is 4.46. The van der Waals surface area contributed by atoms with Crippen LogP contribution in [0.4, 0.5) is 26.3 Å². The maximum Gasteiger partial charge on any atom is 1.00 e. The summed E-state index contributed by atoms with van der Waals surface area (Å²) in [5, 5.41) is 11.6. The van der Waals surface area contributed by atoms with Crippen molar-refractivity contribution in [2.24, 2.45) is 5.73 Å². The summed E-state index contributed by atoms with van der Waals surface area (Å²) in [6.45, 7) is 2.65. The molecule has 0 aromatic heterocycles. The number of nitrogens with one attached hydrogen (secondary N) is 1. The van der Waals surface area contributed by atoms with Gasteiger partial charge in [-0.05, 0) is 95.1 Å². The van der Waals surface area contributed by atoms with Crippen LogP contribution in [-0.2, 0) is 19.1 Å². The molecule has 3 heterocycles. The van der Waals surface area contributed by atoms with Crippen molar-refractivity contribution in [1.29, 1.82) is 0 Å². The number of aliphatic carboxylic acids is 1. The van der Waals surface area contributed by atoms with Gasteiger partial charge in [0.2, 0.25) is 5.91 Å². The second-order valence-corrected chi connectivity index (χ2v) is 17.8. The Hall–Kier alpha value is -6.67. The molecule has 0 fully saturated rings. The number of nitrogens with two attached hydrogens (primary N) is 1. The molecule has 0 saturated heterocycles. The smallest absolute Gasteiger partial charge is 0.870 e. The zero-order chi connectivity index (χ0) is 54.7. The van der Waals surface area contributed by atoms with Gasteiger partial charge in [0.15, 0.2) is 0 Å². The number of rotatable bonds is 15. The molecule has 0 unspecified atom stereocenters. The Morgan fingerprint density at radius 1 is 0.526 bits per heavy atom. The number of carbonyl (C=O) groups is 3. The zero-order valence-corrected chi connectivity index (χ0v) is 45.9. The van der Waals surface area contributed by atoms with Crippen molar-refractivity contribution in [2.45, 2.75) is 37.4 Å². The first-order chi connectivity index (χ1) is 36.7. The van der Waals surface area contributed by atoms with E-state index in [2.05, 4.69) is 20.9 Å². The van der Waals surface area contributed by atoms with E-state index in [4.69, 9.17) is 9.84 Å². The quantitative estimate of drug-likeness (QED) is 0.0527. The van der Waals surface area contributed by atoms with Crippen LogP contribution in [0.3, 0.4) is 0 Å². The second-order valence-electron chi connectivity index (χ2n) is 17.8.